The number of oxazole rings is 1. The van der Waals surface area contributed by atoms with Crippen LogP contribution in [0.1, 0.15) is 5.89 Å². The summed E-state index contributed by atoms with van der Waals surface area (Å²) in [6.45, 7) is 1.84. The molecule has 0 saturated heterocycles. The van der Waals surface area contributed by atoms with Crippen molar-refractivity contribution in [2.45, 2.75) is 6.92 Å². The van der Waals surface area contributed by atoms with E-state index in [1.807, 2.05) is 30.5 Å². The minimum Gasteiger partial charge on any atom is -0.441 e. The fraction of sp³-hybridized carbons (Fsp3) is 0.0909. The van der Waals surface area contributed by atoms with Gasteiger partial charge >= 0.3 is 0 Å². The predicted octanol–water partition coefficient (Wildman–Crippen LogP) is 3.92. The van der Waals surface area contributed by atoms with Crippen LogP contribution in [-0.2, 0) is 0 Å². The molecule has 0 aliphatic heterocycles. The lowest BCUT2D eigenvalue weighted by Crippen LogP contribution is -1.76. The molecule has 2 aromatic heterocycles. The molecular formula is C11H8N2OS2. The number of aromatic amines is 1. The van der Waals surface area contributed by atoms with Gasteiger partial charge in [-0.15, -0.1) is 11.3 Å². The number of thiazole rings is 1. The van der Waals surface area contributed by atoms with Gasteiger partial charge in [0.05, 0.1) is 5.69 Å². The van der Waals surface area contributed by atoms with Crippen LogP contribution in [0.2, 0.25) is 0 Å². The molecular weight excluding hydrogens is 240 g/mol. The number of hydrogen-bond donors (Lipinski definition) is 1. The molecule has 0 atom stereocenters. The van der Waals surface area contributed by atoms with E-state index in [4.69, 9.17) is 16.6 Å². The summed E-state index contributed by atoms with van der Waals surface area (Å²) in [6, 6.07) is 5.94. The molecule has 0 radical (unpaired) electrons. The summed E-state index contributed by atoms with van der Waals surface area (Å²) in [5.74, 6) is 0.686. The molecule has 1 N–H and O–H groups in total. The summed E-state index contributed by atoms with van der Waals surface area (Å²) in [7, 11) is 0. The summed E-state index contributed by atoms with van der Waals surface area (Å²) in [4.78, 5) is 7.39. The first-order valence-corrected chi connectivity index (χ1v) is 6.06. The van der Waals surface area contributed by atoms with Crippen molar-refractivity contribution in [3.63, 3.8) is 0 Å². The highest BCUT2D eigenvalue weighted by atomic mass is 32.1. The molecule has 5 heteroatoms. The maximum atomic E-state index is 5.49. The van der Waals surface area contributed by atoms with E-state index in [2.05, 4.69) is 9.97 Å². The topological polar surface area (TPSA) is 41.8 Å². The maximum absolute atomic E-state index is 5.49. The van der Waals surface area contributed by atoms with Gasteiger partial charge in [-0.2, -0.15) is 0 Å². The molecule has 1 aromatic carbocycles. The van der Waals surface area contributed by atoms with Crippen LogP contribution < -0.4 is 0 Å². The van der Waals surface area contributed by atoms with Crippen molar-refractivity contribution < 1.29 is 4.42 Å². The Hall–Kier alpha value is -1.46. The second-order valence-corrected chi connectivity index (χ2v) is 5.02. The van der Waals surface area contributed by atoms with E-state index in [1.54, 1.807) is 0 Å². The average Bonchev–Trinajstić information content (AvgIpc) is 2.81. The van der Waals surface area contributed by atoms with E-state index < -0.39 is 0 Å². The van der Waals surface area contributed by atoms with Crippen LogP contribution in [-0.4, -0.2) is 9.97 Å². The van der Waals surface area contributed by atoms with Crippen molar-refractivity contribution in [2.24, 2.45) is 0 Å². The van der Waals surface area contributed by atoms with E-state index in [1.165, 1.54) is 11.3 Å². The highest BCUT2D eigenvalue weighted by Crippen LogP contribution is 2.25. The van der Waals surface area contributed by atoms with Crippen molar-refractivity contribution in [3.8, 4) is 11.3 Å². The first-order chi connectivity index (χ1) is 7.72. The van der Waals surface area contributed by atoms with Gasteiger partial charge in [-0.1, -0.05) is 6.07 Å². The van der Waals surface area contributed by atoms with Gasteiger partial charge in [0.2, 0.25) is 0 Å². The van der Waals surface area contributed by atoms with Crippen molar-refractivity contribution in [1.82, 2.24) is 9.97 Å². The predicted molar refractivity (Wildman–Crippen MR) is 67.2 cm³/mol. The number of hydrogen-bond acceptors (Lipinski definition) is 4. The van der Waals surface area contributed by atoms with E-state index >= 15 is 0 Å². The zero-order chi connectivity index (χ0) is 11.1. The van der Waals surface area contributed by atoms with Gasteiger partial charge < -0.3 is 9.40 Å². The fourth-order valence-corrected chi connectivity index (χ4v) is 2.47. The van der Waals surface area contributed by atoms with Gasteiger partial charge in [0.1, 0.15) is 5.52 Å². The van der Waals surface area contributed by atoms with Crippen LogP contribution in [0.5, 0.6) is 0 Å². The zero-order valence-electron chi connectivity index (χ0n) is 8.48. The number of nitrogens with zero attached hydrogens (tertiary/aromatic N) is 1. The summed E-state index contributed by atoms with van der Waals surface area (Å²) in [6.07, 6.45) is 0. The molecule has 3 aromatic rings. The number of H-pyrrole nitrogens is 1. The first-order valence-electron chi connectivity index (χ1n) is 4.78. The van der Waals surface area contributed by atoms with E-state index in [9.17, 15) is 0 Å². The number of rotatable bonds is 1. The highest BCUT2D eigenvalue weighted by molar-refractivity contribution is 7.73. The Morgan fingerprint density at radius 3 is 3.06 bits per heavy atom. The molecule has 0 spiro atoms. The SMILES string of the molecule is Cc1nc2ccc(-c3csc(=S)[nH]3)cc2o1. The van der Waals surface area contributed by atoms with Gasteiger partial charge in [0, 0.05) is 17.9 Å². The van der Waals surface area contributed by atoms with Crippen molar-refractivity contribution >= 4 is 34.7 Å². The number of fused-ring (bicyclic) bond motifs is 1. The lowest BCUT2D eigenvalue weighted by atomic mass is 10.1. The molecule has 2 heterocycles. The van der Waals surface area contributed by atoms with Crippen LogP contribution in [0.4, 0.5) is 0 Å². The molecule has 16 heavy (non-hydrogen) atoms. The van der Waals surface area contributed by atoms with E-state index in [0.717, 1.165) is 26.3 Å². The summed E-state index contributed by atoms with van der Waals surface area (Å²) >= 11 is 6.58. The number of nitrogens with one attached hydrogen (secondary N) is 1. The van der Waals surface area contributed by atoms with Crippen molar-refractivity contribution in [2.75, 3.05) is 0 Å². The van der Waals surface area contributed by atoms with Crippen LogP contribution in [0.15, 0.2) is 28.0 Å². The smallest absolute Gasteiger partial charge is 0.192 e. The van der Waals surface area contributed by atoms with Crippen molar-refractivity contribution in [1.29, 1.82) is 0 Å². The number of aromatic nitrogens is 2. The summed E-state index contributed by atoms with van der Waals surface area (Å²) in [5.41, 5.74) is 3.78. The second-order valence-electron chi connectivity index (χ2n) is 3.48. The Balaban J connectivity index is 2.21. The van der Waals surface area contributed by atoms with E-state index in [0.29, 0.717) is 5.89 Å². The largest absolute Gasteiger partial charge is 0.441 e. The third-order valence-corrected chi connectivity index (χ3v) is 3.39. The van der Waals surface area contributed by atoms with Gasteiger partial charge in [-0.25, -0.2) is 4.98 Å². The van der Waals surface area contributed by atoms with E-state index in [-0.39, 0.29) is 0 Å². The standard InChI is InChI=1S/C11H8N2OS2/c1-6-12-8-3-2-7(4-10(8)14-6)9-5-16-11(15)13-9/h2-5H,1H3,(H,13,15). The Labute approximate surface area is 101 Å². The Bertz CT molecular complexity index is 708. The normalized spacial score (nSPS) is 11.1. The van der Waals surface area contributed by atoms with Gasteiger partial charge in [-0.3, -0.25) is 0 Å². The molecule has 0 amide bonds. The second kappa shape index (κ2) is 3.54. The average molecular weight is 248 g/mol. The van der Waals surface area contributed by atoms with Gasteiger partial charge in [0.15, 0.2) is 15.4 Å². The summed E-state index contributed by atoms with van der Waals surface area (Å²) in [5, 5.41) is 2.01. The molecule has 0 fully saturated rings. The minimum atomic E-state index is 0.686. The lowest BCUT2D eigenvalue weighted by molar-refractivity contribution is 0.561. The minimum absolute atomic E-state index is 0.686. The zero-order valence-corrected chi connectivity index (χ0v) is 10.1. The molecule has 0 bridgehead atoms. The Morgan fingerprint density at radius 2 is 2.31 bits per heavy atom. The number of benzene rings is 1. The maximum Gasteiger partial charge on any atom is 0.192 e. The quantitative estimate of drug-likeness (QED) is 0.664. The Morgan fingerprint density at radius 1 is 1.44 bits per heavy atom. The third kappa shape index (κ3) is 1.58. The molecule has 80 valence electrons. The van der Waals surface area contributed by atoms with Crippen LogP contribution in [0.3, 0.4) is 0 Å². The Kier molecular flexibility index (Phi) is 2.15. The molecule has 3 nitrogen and oxygen atoms in total. The number of aryl methyl sites for hydroxylation is 1. The fourth-order valence-electron chi connectivity index (χ4n) is 1.63. The summed E-state index contributed by atoms with van der Waals surface area (Å²) < 4.78 is 6.27. The lowest BCUT2D eigenvalue weighted by Gasteiger charge is -1.95. The van der Waals surface area contributed by atoms with Gasteiger partial charge in [0.25, 0.3) is 0 Å². The highest BCUT2D eigenvalue weighted by Gasteiger charge is 2.05. The molecule has 0 saturated carbocycles. The van der Waals surface area contributed by atoms with Crippen LogP contribution in [0.25, 0.3) is 22.4 Å². The molecule has 0 aliphatic rings. The monoisotopic (exact) mass is 248 g/mol. The van der Waals surface area contributed by atoms with Crippen molar-refractivity contribution in [3.05, 3.63) is 33.4 Å². The molecule has 0 unspecified atom stereocenters. The third-order valence-electron chi connectivity index (χ3n) is 2.33. The molecule has 3 rings (SSSR count). The van der Waals surface area contributed by atoms with Gasteiger partial charge in [-0.05, 0) is 24.4 Å². The first kappa shape index (κ1) is 9.74. The molecule has 0 aliphatic carbocycles. The van der Waals surface area contributed by atoms with Crippen LogP contribution >= 0.6 is 23.6 Å². The van der Waals surface area contributed by atoms with Crippen LogP contribution in [0, 0.1) is 10.9 Å².